The Hall–Kier alpha value is -4.24. The summed E-state index contributed by atoms with van der Waals surface area (Å²) in [5, 5.41) is 4.07. The molecule has 0 fully saturated rings. The van der Waals surface area contributed by atoms with Gasteiger partial charge in [0.05, 0.1) is 30.4 Å². The van der Waals surface area contributed by atoms with Gasteiger partial charge >= 0.3 is 0 Å². The van der Waals surface area contributed by atoms with E-state index in [1.807, 2.05) is 26.0 Å². The average Bonchev–Trinajstić information content (AvgIpc) is 3.15. The Labute approximate surface area is 215 Å². The summed E-state index contributed by atoms with van der Waals surface area (Å²) in [5.74, 6) is -0.735. The van der Waals surface area contributed by atoms with Gasteiger partial charge in [-0.15, -0.1) is 0 Å². The van der Waals surface area contributed by atoms with E-state index in [0.29, 0.717) is 16.9 Å². The number of rotatable bonds is 8. The second-order valence-electron chi connectivity index (χ2n) is 8.61. The minimum Gasteiger partial charge on any atom is -0.315 e. The summed E-state index contributed by atoms with van der Waals surface area (Å²) in [5.41, 5.74) is 7.00. The molecule has 0 saturated heterocycles. The summed E-state index contributed by atoms with van der Waals surface area (Å²) < 4.78 is 42.0. The first-order chi connectivity index (χ1) is 17.6. The number of aryl methyl sites for hydroxylation is 1. The molecule has 1 heterocycles. The number of sulfonamides is 1. The number of carbonyl (C=O) groups is 1. The van der Waals surface area contributed by atoms with Crippen molar-refractivity contribution < 1.29 is 17.6 Å². The molecule has 0 atom stereocenters. The Morgan fingerprint density at radius 1 is 1.00 bits per heavy atom. The van der Waals surface area contributed by atoms with E-state index in [-0.39, 0.29) is 12.4 Å². The van der Waals surface area contributed by atoms with Crippen molar-refractivity contribution in [3.05, 3.63) is 119 Å². The molecule has 190 valence electrons. The van der Waals surface area contributed by atoms with Crippen LogP contribution in [0.25, 0.3) is 5.69 Å². The number of hydrogen-bond acceptors (Lipinski definition) is 4. The van der Waals surface area contributed by atoms with Gasteiger partial charge in [-0.1, -0.05) is 42.5 Å². The number of nitrogens with one attached hydrogen (secondary N) is 1. The van der Waals surface area contributed by atoms with Crippen molar-refractivity contribution in [2.24, 2.45) is 5.10 Å². The quantitative estimate of drug-likeness (QED) is 0.264. The number of carbonyl (C=O) groups excluding carboxylic acids is 1. The van der Waals surface area contributed by atoms with E-state index in [1.165, 1.54) is 16.6 Å². The highest BCUT2D eigenvalue weighted by Gasteiger charge is 2.18. The number of amides is 1. The lowest BCUT2D eigenvalue weighted by Gasteiger charge is -2.22. The van der Waals surface area contributed by atoms with Crippen molar-refractivity contribution in [2.75, 3.05) is 10.6 Å². The van der Waals surface area contributed by atoms with Gasteiger partial charge < -0.3 is 4.57 Å². The zero-order chi connectivity index (χ0) is 26.6. The molecule has 0 aliphatic rings. The summed E-state index contributed by atoms with van der Waals surface area (Å²) in [6.07, 6.45) is 2.68. The number of anilines is 1. The smallest absolute Gasteiger partial charge is 0.271 e. The van der Waals surface area contributed by atoms with Crippen LogP contribution in [-0.4, -0.2) is 31.4 Å². The van der Waals surface area contributed by atoms with Gasteiger partial charge in [-0.3, -0.25) is 9.10 Å². The zero-order valence-electron chi connectivity index (χ0n) is 20.7. The van der Waals surface area contributed by atoms with E-state index in [1.54, 1.807) is 71.3 Å². The largest absolute Gasteiger partial charge is 0.315 e. The van der Waals surface area contributed by atoms with Crippen LogP contribution in [-0.2, 0) is 16.6 Å². The minimum atomic E-state index is -3.49. The lowest BCUT2D eigenvalue weighted by atomic mass is 10.1. The van der Waals surface area contributed by atoms with Crippen LogP contribution in [0, 0.1) is 19.7 Å². The van der Waals surface area contributed by atoms with Gasteiger partial charge in [-0.2, -0.15) is 5.10 Å². The Morgan fingerprint density at radius 2 is 1.65 bits per heavy atom. The number of hydrogen-bond donors (Lipinski definition) is 1. The molecule has 9 heteroatoms. The van der Waals surface area contributed by atoms with Crippen LogP contribution in [0.4, 0.5) is 10.1 Å². The zero-order valence-corrected chi connectivity index (χ0v) is 21.5. The molecule has 1 amide bonds. The van der Waals surface area contributed by atoms with Crippen molar-refractivity contribution in [1.29, 1.82) is 0 Å². The molecule has 37 heavy (non-hydrogen) atoms. The fourth-order valence-corrected chi connectivity index (χ4v) is 4.96. The van der Waals surface area contributed by atoms with Gasteiger partial charge in [0.25, 0.3) is 5.91 Å². The summed E-state index contributed by atoms with van der Waals surface area (Å²) in [4.78, 5) is 12.6. The van der Waals surface area contributed by atoms with Gasteiger partial charge in [-0.05, 0) is 61.9 Å². The molecule has 7 nitrogen and oxygen atoms in total. The molecule has 1 aromatic heterocycles. The molecule has 4 rings (SSSR count). The Bertz CT molecular complexity index is 1550. The van der Waals surface area contributed by atoms with Crippen molar-refractivity contribution in [2.45, 2.75) is 20.4 Å². The predicted molar refractivity (Wildman–Crippen MR) is 144 cm³/mol. The highest BCUT2D eigenvalue weighted by molar-refractivity contribution is 7.92. The summed E-state index contributed by atoms with van der Waals surface area (Å²) in [6, 6.07) is 23.9. The summed E-state index contributed by atoms with van der Waals surface area (Å²) in [6.45, 7) is 3.87. The molecule has 3 aromatic carbocycles. The second kappa shape index (κ2) is 10.8. The SMILES string of the molecule is Cc1cc(/C=N\NC(=O)c2ccc(CN(c3ccccc3)S(C)(=O)=O)cc2)c(C)n1-c1ccccc1F. The Kier molecular flexibility index (Phi) is 7.54. The molecule has 0 radical (unpaired) electrons. The first kappa shape index (κ1) is 25.8. The first-order valence-corrected chi connectivity index (χ1v) is 13.4. The van der Waals surface area contributed by atoms with Gasteiger partial charge in [0.1, 0.15) is 5.82 Å². The maximum absolute atomic E-state index is 14.3. The number of halogens is 1. The van der Waals surface area contributed by atoms with Crippen LogP contribution in [0.5, 0.6) is 0 Å². The Morgan fingerprint density at radius 3 is 2.30 bits per heavy atom. The number of hydrazone groups is 1. The van der Waals surface area contributed by atoms with E-state index >= 15 is 0 Å². The van der Waals surface area contributed by atoms with Crippen LogP contribution in [0.2, 0.25) is 0 Å². The molecule has 0 bridgehead atoms. The highest BCUT2D eigenvalue weighted by Crippen LogP contribution is 2.22. The molecule has 1 N–H and O–H groups in total. The number of benzene rings is 3. The standard InChI is InChI=1S/C28H27FN4O3S/c1-20-17-24(21(2)33(20)27-12-8-7-11-26(27)29)18-30-31-28(34)23-15-13-22(14-16-23)19-32(37(3,35)36)25-9-5-4-6-10-25/h4-18H,19H2,1-3H3,(H,31,34)/b30-18-. The lowest BCUT2D eigenvalue weighted by Crippen LogP contribution is -2.29. The second-order valence-corrected chi connectivity index (χ2v) is 10.5. The molecule has 0 unspecified atom stereocenters. The third-order valence-corrected chi connectivity index (χ3v) is 7.06. The van der Waals surface area contributed by atoms with Crippen LogP contribution in [0.1, 0.15) is 32.9 Å². The van der Waals surface area contributed by atoms with Crippen LogP contribution >= 0.6 is 0 Å². The fourth-order valence-electron chi connectivity index (χ4n) is 4.07. The van der Waals surface area contributed by atoms with E-state index in [4.69, 9.17) is 0 Å². The van der Waals surface area contributed by atoms with Crippen molar-refractivity contribution in [3.63, 3.8) is 0 Å². The van der Waals surface area contributed by atoms with Gasteiger partial charge in [0.15, 0.2) is 0 Å². The van der Waals surface area contributed by atoms with Crippen molar-refractivity contribution in [1.82, 2.24) is 9.99 Å². The molecule has 0 aliphatic heterocycles. The van der Waals surface area contributed by atoms with Crippen molar-refractivity contribution >= 4 is 27.8 Å². The Balaban J connectivity index is 1.44. The third-order valence-electron chi connectivity index (χ3n) is 5.92. The summed E-state index contributed by atoms with van der Waals surface area (Å²) in [7, 11) is -3.49. The minimum absolute atomic E-state index is 0.139. The van der Waals surface area contributed by atoms with Crippen LogP contribution < -0.4 is 9.73 Å². The van der Waals surface area contributed by atoms with Gasteiger partial charge in [-0.25, -0.2) is 18.2 Å². The molecular weight excluding hydrogens is 491 g/mol. The van der Waals surface area contributed by atoms with Gasteiger partial charge in [0, 0.05) is 22.5 Å². The topological polar surface area (TPSA) is 83.8 Å². The van der Waals surface area contributed by atoms with E-state index in [9.17, 15) is 17.6 Å². The molecule has 0 spiro atoms. The lowest BCUT2D eigenvalue weighted by molar-refractivity contribution is 0.0955. The predicted octanol–water partition coefficient (Wildman–Crippen LogP) is 4.96. The first-order valence-electron chi connectivity index (χ1n) is 11.5. The molecular formula is C28H27FN4O3S. The van der Waals surface area contributed by atoms with E-state index in [0.717, 1.165) is 28.8 Å². The highest BCUT2D eigenvalue weighted by atomic mass is 32.2. The molecule has 0 aliphatic carbocycles. The number of aromatic nitrogens is 1. The summed E-state index contributed by atoms with van der Waals surface area (Å²) >= 11 is 0. The maximum Gasteiger partial charge on any atom is 0.271 e. The van der Waals surface area contributed by atoms with E-state index in [2.05, 4.69) is 10.5 Å². The number of nitrogens with zero attached hydrogens (tertiary/aromatic N) is 3. The van der Waals surface area contributed by atoms with E-state index < -0.39 is 15.9 Å². The maximum atomic E-state index is 14.3. The van der Waals surface area contributed by atoms with Crippen LogP contribution in [0.15, 0.2) is 90.0 Å². The van der Waals surface area contributed by atoms with Crippen molar-refractivity contribution in [3.8, 4) is 5.69 Å². The normalized spacial score (nSPS) is 11.6. The van der Waals surface area contributed by atoms with Gasteiger partial charge in [0.2, 0.25) is 10.0 Å². The fraction of sp³-hybridized carbons (Fsp3) is 0.143. The van der Waals surface area contributed by atoms with Crippen LogP contribution in [0.3, 0.4) is 0 Å². The molecule has 0 saturated carbocycles. The third kappa shape index (κ3) is 5.95. The number of para-hydroxylation sites is 2. The average molecular weight is 519 g/mol. The monoisotopic (exact) mass is 518 g/mol. The molecule has 4 aromatic rings.